The Bertz CT molecular complexity index is 442. The second-order valence-electron chi connectivity index (χ2n) is 6.74. The van der Waals surface area contributed by atoms with Crippen molar-refractivity contribution in [1.82, 2.24) is 10.2 Å². The molecular weight excluding hydrogens is 260 g/mol. The smallest absolute Gasteiger partial charge is 0.0797 e. The molecular formula is C18H28N2O. The molecule has 1 unspecified atom stereocenters. The molecule has 3 nitrogen and oxygen atoms in total. The van der Waals surface area contributed by atoms with Crippen LogP contribution in [-0.2, 0) is 5.54 Å². The predicted octanol–water partition coefficient (Wildman–Crippen LogP) is 2.36. The number of nitrogens with zero attached hydrogens (tertiary/aromatic N) is 1. The summed E-state index contributed by atoms with van der Waals surface area (Å²) in [7, 11) is 0. The molecule has 0 amide bonds. The van der Waals surface area contributed by atoms with E-state index in [1.807, 2.05) is 6.07 Å². The Morgan fingerprint density at radius 1 is 1.19 bits per heavy atom. The third kappa shape index (κ3) is 3.65. The van der Waals surface area contributed by atoms with Gasteiger partial charge in [0.15, 0.2) is 0 Å². The van der Waals surface area contributed by atoms with Crippen molar-refractivity contribution in [2.75, 3.05) is 26.2 Å². The number of nitrogens with one attached hydrogen (secondary N) is 1. The van der Waals surface area contributed by atoms with Gasteiger partial charge >= 0.3 is 0 Å². The summed E-state index contributed by atoms with van der Waals surface area (Å²) in [6.45, 7) is 5.28. The quantitative estimate of drug-likeness (QED) is 0.732. The maximum Gasteiger partial charge on any atom is 0.0797 e. The molecule has 0 spiro atoms. The van der Waals surface area contributed by atoms with Gasteiger partial charge in [-0.25, -0.2) is 0 Å². The Kier molecular flexibility index (Phi) is 4.63. The van der Waals surface area contributed by atoms with Crippen molar-refractivity contribution in [3.8, 4) is 0 Å². The first kappa shape index (κ1) is 15.0. The average Bonchev–Trinajstić information content (AvgIpc) is 3.39. The van der Waals surface area contributed by atoms with Crippen LogP contribution in [0.4, 0.5) is 0 Å². The molecule has 0 radical (unpaired) electrons. The number of benzene rings is 1. The summed E-state index contributed by atoms with van der Waals surface area (Å²) in [6.07, 6.45) is 5.44. The molecule has 21 heavy (non-hydrogen) atoms. The van der Waals surface area contributed by atoms with E-state index in [4.69, 9.17) is 0 Å². The molecule has 1 aromatic rings. The summed E-state index contributed by atoms with van der Waals surface area (Å²) >= 11 is 0. The van der Waals surface area contributed by atoms with Crippen molar-refractivity contribution in [1.29, 1.82) is 0 Å². The van der Waals surface area contributed by atoms with Gasteiger partial charge in [-0.05, 0) is 43.7 Å². The maximum atomic E-state index is 10.2. The Labute approximate surface area is 128 Å². The third-order valence-electron chi connectivity index (χ3n) is 4.84. The van der Waals surface area contributed by atoms with E-state index in [-0.39, 0.29) is 12.1 Å². The molecule has 1 atom stereocenters. The van der Waals surface area contributed by atoms with Crippen LogP contribution in [0.25, 0.3) is 0 Å². The highest BCUT2D eigenvalue weighted by molar-refractivity contribution is 5.25. The van der Waals surface area contributed by atoms with Crippen molar-refractivity contribution in [3.63, 3.8) is 0 Å². The van der Waals surface area contributed by atoms with Gasteiger partial charge in [0.1, 0.15) is 0 Å². The Balaban J connectivity index is 1.79. The summed E-state index contributed by atoms with van der Waals surface area (Å²) in [6, 6.07) is 11.2. The lowest BCUT2D eigenvalue weighted by molar-refractivity contribution is 0.101. The molecule has 0 heterocycles. The second kappa shape index (κ2) is 6.47. The first-order valence-electron chi connectivity index (χ1n) is 8.43. The summed E-state index contributed by atoms with van der Waals surface area (Å²) in [5.74, 6) is 0.902. The van der Waals surface area contributed by atoms with E-state index in [9.17, 15) is 5.11 Å². The third-order valence-corrected chi connectivity index (χ3v) is 4.84. The van der Waals surface area contributed by atoms with Crippen LogP contribution in [-0.4, -0.2) is 42.3 Å². The zero-order valence-electron chi connectivity index (χ0n) is 13.1. The van der Waals surface area contributed by atoms with E-state index in [2.05, 4.69) is 41.4 Å². The molecule has 0 saturated heterocycles. The summed E-state index contributed by atoms with van der Waals surface area (Å²) in [4.78, 5) is 2.63. The first-order valence-corrected chi connectivity index (χ1v) is 8.43. The van der Waals surface area contributed by atoms with Crippen LogP contribution >= 0.6 is 0 Å². The van der Waals surface area contributed by atoms with Gasteiger partial charge < -0.3 is 10.4 Å². The second-order valence-corrected chi connectivity index (χ2v) is 6.74. The number of aliphatic hydroxyl groups is 1. The highest BCUT2D eigenvalue weighted by Crippen LogP contribution is 2.36. The van der Waals surface area contributed by atoms with Crippen molar-refractivity contribution in [2.24, 2.45) is 5.92 Å². The van der Waals surface area contributed by atoms with Crippen molar-refractivity contribution >= 4 is 0 Å². The SMILES string of the molecule is CCNC(CO)(CN(CC1CC1)C1CC1)c1ccccc1. The summed E-state index contributed by atoms with van der Waals surface area (Å²) in [5, 5.41) is 13.7. The van der Waals surface area contributed by atoms with Gasteiger partial charge in [-0.2, -0.15) is 0 Å². The number of rotatable bonds is 9. The molecule has 3 heteroatoms. The van der Waals surface area contributed by atoms with Crippen LogP contribution in [0.15, 0.2) is 30.3 Å². The lowest BCUT2D eigenvalue weighted by Crippen LogP contribution is -2.54. The fourth-order valence-corrected chi connectivity index (χ4v) is 3.30. The molecule has 2 fully saturated rings. The highest BCUT2D eigenvalue weighted by Gasteiger charge is 2.40. The molecule has 0 aromatic heterocycles. The largest absolute Gasteiger partial charge is 0.394 e. The van der Waals surface area contributed by atoms with Gasteiger partial charge in [-0.3, -0.25) is 4.90 Å². The van der Waals surface area contributed by atoms with E-state index in [0.29, 0.717) is 0 Å². The molecule has 0 aliphatic heterocycles. The minimum atomic E-state index is -0.326. The van der Waals surface area contributed by atoms with Crippen molar-refractivity contribution in [2.45, 2.75) is 44.2 Å². The standard InChI is InChI=1S/C18H28N2O/c1-2-19-18(14-21,16-6-4-3-5-7-16)13-20(17-10-11-17)12-15-8-9-15/h3-7,15,17,19,21H,2,8-14H2,1H3. The number of likely N-dealkylation sites (N-methyl/N-ethyl adjacent to an activating group) is 1. The zero-order chi connectivity index (χ0) is 14.7. The van der Waals surface area contributed by atoms with Crippen molar-refractivity contribution in [3.05, 3.63) is 35.9 Å². The van der Waals surface area contributed by atoms with E-state index < -0.39 is 0 Å². The molecule has 2 saturated carbocycles. The molecule has 3 rings (SSSR count). The van der Waals surface area contributed by atoms with Crippen LogP contribution in [0.1, 0.15) is 38.2 Å². The van der Waals surface area contributed by atoms with Gasteiger partial charge in [-0.1, -0.05) is 37.3 Å². The fourth-order valence-electron chi connectivity index (χ4n) is 3.30. The lowest BCUT2D eigenvalue weighted by Gasteiger charge is -2.38. The fraction of sp³-hybridized carbons (Fsp3) is 0.667. The van der Waals surface area contributed by atoms with Gasteiger partial charge in [0.2, 0.25) is 0 Å². The van der Waals surface area contributed by atoms with Crippen LogP contribution in [0.3, 0.4) is 0 Å². The highest BCUT2D eigenvalue weighted by atomic mass is 16.3. The van der Waals surface area contributed by atoms with Crippen LogP contribution in [0, 0.1) is 5.92 Å². The minimum absolute atomic E-state index is 0.152. The van der Waals surface area contributed by atoms with E-state index in [1.165, 1.54) is 37.8 Å². The summed E-state index contributed by atoms with van der Waals surface area (Å²) < 4.78 is 0. The van der Waals surface area contributed by atoms with Gasteiger partial charge in [0, 0.05) is 19.1 Å². The summed E-state index contributed by atoms with van der Waals surface area (Å²) in [5.41, 5.74) is 0.879. The van der Waals surface area contributed by atoms with E-state index >= 15 is 0 Å². The maximum absolute atomic E-state index is 10.2. The zero-order valence-corrected chi connectivity index (χ0v) is 13.1. The van der Waals surface area contributed by atoms with E-state index in [0.717, 1.165) is 25.0 Å². The number of aliphatic hydroxyl groups excluding tert-OH is 1. The normalized spacial score (nSPS) is 21.5. The monoisotopic (exact) mass is 288 g/mol. The minimum Gasteiger partial charge on any atom is -0.394 e. The molecule has 2 aliphatic carbocycles. The van der Waals surface area contributed by atoms with E-state index in [1.54, 1.807) is 0 Å². The molecule has 116 valence electrons. The molecule has 2 N–H and O–H groups in total. The van der Waals surface area contributed by atoms with Gasteiger partial charge in [-0.15, -0.1) is 0 Å². The van der Waals surface area contributed by atoms with Crippen molar-refractivity contribution < 1.29 is 5.11 Å². The predicted molar refractivity (Wildman–Crippen MR) is 86.2 cm³/mol. The Morgan fingerprint density at radius 2 is 1.90 bits per heavy atom. The molecule has 2 aliphatic rings. The number of hydrogen-bond donors (Lipinski definition) is 2. The first-order chi connectivity index (χ1) is 10.3. The Morgan fingerprint density at radius 3 is 2.43 bits per heavy atom. The number of hydrogen-bond acceptors (Lipinski definition) is 3. The Hall–Kier alpha value is -0.900. The van der Waals surface area contributed by atoms with Gasteiger partial charge in [0.05, 0.1) is 12.1 Å². The molecule has 1 aromatic carbocycles. The van der Waals surface area contributed by atoms with Crippen LogP contribution in [0.2, 0.25) is 0 Å². The van der Waals surface area contributed by atoms with Gasteiger partial charge in [0.25, 0.3) is 0 Å². The average molecular weight is 288 g/mol. The topological polar surface area (TPSA) is 35.5 Å². The van der Waals surface area contributed by atoms with Crippen LogP contribution < -0.4 is 5.32 Å². The lowest BCUT2D eigenvalue weighted by atomic mass is 9.89. The van der Waals surface area contributed by atoms with Crippen LogP contribution in [0.5, 0.6) is 0 Å². The molecule has 0 bridgehead atoms.